The van der Waals surface area contributed by atoms with Crippen molar-refractivity contribution in [2.45, 2.75) is 23.6 Å². The van der Waals surface area contributed by atoms with Crippen LogP contribution in [0.4, 0.5) is 34.1 Å². The van der Waals surface area contributed by atoms with Crippen molar-refractivity contribution in [3.05, 3.63) is 102 Å². The summed E-state index contributed by atoms with van der Waals surface area (Å²) in [6.07, 6.45) is 0. The van der Waals surface area contributed by atoms with Crippen molar-refractivity contribution in [3.8, 4) is 16.9 Å². The molecule has 0 bridgehead atoms. The zero-order valence-electron chi connectivity index (χ0n) is 25.9. The molecular formula is C34H28N6O7S2. The summed E-state index contributed by atoms with van der Waals surface area (Å²) in [5, 5.41) is 29.5. The Morgan fingerprint density at radius 2 is 1.14 bits per heavy atom. The van der Waals surface area contributed by atoms with Crippen molar-refractivity contribution in [2.24, 2.45) is 20.5 Å². The Balaban J connectivity index is 1.31. The largest absolute Gasteiger partial charge is 0.505 e. The molecule has 0 saturated heterocycles. The van der Waals surface area contributed by atoms with Gasteiger partial charge in [-0.25, -0.2) is 0 Å². The average molecular weight is 697 g/mol. The molecule has 15 heteroatoms. The summed E-state index contributed by atoms with van der Waals surface area (Å²) < 4.78 is 67.1. The maximum Gasteiger partial charge on any atom is 0.296 e. The zero-order valence-corrected chi connectivity index (χ0v) is 27.5. The highest BCUT2D eigenvalue weighted by atomic mass is 32.2. The van der Waals surface area contributed by atoms with Crippen LogP contribution in [0.2, 0.25) is 0 Å². The first-order valence-corrected chi connectivity index (χ1v) is 17.4. The molecule has 0 amide bonds. The van der Waals surface area contributed by atoms with Gasteiger partial charge in [0, 0.05) is 27.5 Å². The second-order valence-corrected chi connectivity index (χ2v) is 14.1. The summed E-state index contributed by atoms with van der Waals surface area (Å²) in [5.74, 6) is -0.764. The van der Waals surface area contributed by atoms with Gasteiger partial charge in [-0.3, -0.25) is 9.11 Å². The minimum absolute atomic E-state index is 0.152. The van der Waals surface area contributed by atoms with Crippen LogP contribution in [-0.2, 0) is 20.2 Å². The van der Waals surface area contributed by atoms with E-state index in [9.17, 15) is 31.0 Å². The molecule has 0 aliphatic heterocycles. The van der Waals surface area contributed by atoms with Crippen molar-refractivity contribution in [3.63, 3.8) is 0 Å². The molecule has 6 aromatic rings. The number of phenolic OH excluding ortho intramolecular Hbond substituents is 1. The summed E-state index contributed by atoms with van der Waals surface area (Å²) in [5.41, 5.74) is 16.8. The van der Waals surface area contributed by atoms with Crippen LogP contribution in [-0.4, -0.2) is 31.0 Å². The van der Waals surface area contributed by atoms with Crippen LogP contribution in [0, 0.1) is 13.8 Å². The number of benzene rings is 6. The Hall–Kier alpha value is -5.74. The number of nitrogens with two attached hydrogens (primary N) is 2. The zero-order chi connectivity index (χ0) is 35.2. The number of hydrogen-bond acceptors (Lipinski definition) is 11. The molecule has 248 valence electrons. The third kappa shape index (κ3) is 6.55. The Morgan fingerprint density at radius 3 is 1.71 bits per heavy atom. The van der Waals surface area contributed by atoms with Gasteiger partial charge in [-0.15, -0.1) is 10.2 Å². The molecule has 0 saturated carbocycles. The second kappa shape index (κ2) is 12.4. The normalized spacial score (nSPS) is 12.5. The molecule has 0 heterocycles. The number of fused-ring (bicyclic) bond motifs is 2. The maximum atomic E-state index is 12.3. The lowest BCUT2D eigenvalue weighted by Crippen LogP contribution is -2.02. The van der Waals surface area contributed by atoms with E-state index < -0.39 is 41.5 Å². The van der Waals surface area contributed by atoms with Gasteiger partial charge < -0.3 is 16.6 Å². The van der Waals surface area contributed by atoms with E-state index in [0.717, 1.165) is 45.7 Å². The average Bonchev–Trinajstić information content (AvgIpc) is 3.04. The van der Waals surface area contributed by atoms with Crippen LogP contribution >= 0.6 is 0 Å². The van der Waals surface area contributed by atoms with Gasteiger partial charge in [0.1, 0.15) is 10.6 Å². The van der Waals surface area contributed by atoms with E-state index in [2.05, 4.69) is 20.5 Å². The van der Waals surface area contributed by atoms with E-state index in [1.807, 2.05) is 61.5 Å². The van der Waals surface area contributed by atoms with Gasteiger partial charge in [0.2, 0.25) is 0 Å². The first-order valence-electron chi connectivity index (χ1n) is 14.5. The summed E-state index contributed by atoms with van der Waals surface area (Å²) in [7, 11) is -9.71. The standard InChI is InChI=1S/C34H28N6O7S2/c1-18-13-20(7-10-28(18)37-39-30-12-9-26(35)24-5-3-4-6-25(24)30)21-8-11-29(19(2)14-21)38-40-33-31(49(45,46)47)16-22-15-23(48(42,43)44)17-27(36)32(22)34(33)41/h3-17,41H,35-36H2,1-2H3,(H,42,43,44)(H,45,46,47). The highest BCUT2D eigenvalue weighted by molar-refractivity contribution is 7.86. The van der Waals surface area contributed by atoms with Crippen LogP contribution in [0.5, 0.6) is 5.75 Å². The fraction of sp³-hybridized carbons (Fsp3) is 0.0588. The molecule has 0 aromatic heterocycles. The molecule has 0 fully saturated rings. The molecule has 13 nitrogen and oxygen atoms in total. The molecule has 0 radical (unpaired) electrons. The molecule has 0 spiro atoms. The quantitative estimate of drug-likeness (QED) is 0.0611. The first-order chi connectivity index (χ1) is 23.1. The van der Waals surface area contributed by atoms with Gasteiger partial charge in [-0.05, 0) is 96.1 Å². The number of aryl methyl sites for hydroxylation is 2. The fourth-order valence-corrected chi connectivity index (χ4v) is 6.64. The fourth-order valence-electron chi connectivity index (χ4n) is 5.43. The summed E-state index contributed by atoms with van der Waals surface area (Å²) in [4.78, 5) is -1.48. The minimum Gasteiger partial charge on any atom is -0.505 e. The number of anilines is 2. The van der Waals surface area contributed by atoms with Gasteiger partial charge >= 0.3 is 0 Å². The lowest BCUT2D eigenvalue weighted by atomic mass is 10.0. The number of hydrogen-bond donors (Lipinski definition) is 5. The first kappa shape index (κ1) is 33.2. The number of azo groups is 2. The number of aromatic hydroxyl groups is 1. The highest BCUT2D eigenvalue weighted by Gasteiger charge is 2.25. The Kier molecular flexibility index (Phi) is 8.37. The SMILES string of the molecule is Cc1cc(-c2ccc(N=Nc3ccc(N)c4ccccc34)c(C)c2)ccc1N=Nc1c(S(=O)(=O)O)cc2cc(S(=O)(=O)O)cc(N)c2c1O. The Labute approximate surface area is 280 Å². The summed E-state index contributed by atoms with van der Waals surface area (Å²) >= 11 is 0. The molecule has 7 N–H and O–H groups in total. The molecule has 6 aromatic carbocycles. The molecule has 0 aliphatic carbocycles. The number of rotatable bonds is 7. The van der Waals surface area contributed by atoms with Crippen LogP contribution < -0.4 is 11.5 Å². The number of nitrogens with zero attached hydrogens (tertiary/aromatic N) is 4. The van der Waals surface area contributed by atoms with E-state index in [1.165, 1.54) is 0 Å². The van der Waals surface area contributed by atoms with Crippen molar-refractivity contribution in [2.75, 3.05) is 11.5 Å². The van der Waals surface area contributed by atoms with E-state index in [-0.39, 0.29) is 16.5 Å². The topological polar surface area (TPSA) is 230 Å². The van der Waals surface area contributed by atoms with Crippen LogP contribution in [0.3, 0.4) is 0 Å². The summed E-state index contributed by atoms with van der Waals surface area (Å²) in [6, 6.07) is 25.0. The maximum absolute atomic E-state index is 12.3. The van der Waals surface area contributed by atoms with Gasteiger partial charge in [-0.2, -0.15) is 27.1 Å². The van der Waals surface area contributed by atoms with E-state index in [0.29, 0.717) is 28.3 Å². The molecular weight excluding hydrogens is 669 g/mol. The van der Waals surface area contributed by atoms with Gasteiger partial charge in [0.15, 0.2) is 5.75 Å². The predicted molar refractivity (Wildman–Crippen MR) is 188 cm³/mol. The lowest BCUT2D eigenvalue weighted by molar-refractivity contribution is 0.472. The van der Waals surface area contributed by atoms with Crippen molar-refractivity contribution in [1.29, 1.82) is 0 Å². The van der Waals surface area contributed by atoms with Crippen LogP contribution in [0.15, 0.2) is 121 Å². The third-order valence-corrected chi connectivity index (χ3v) is 9.61. The number of nitrogen functional groups attached to an aromatic ring is 2. The molecule has 0 atom stereocenters. The smallest absolute Gasteiger partial charge is 0.296 e. The van der Waals surface area contributed by atoms with Crippen molar-refractivity contribution >= 4 is 75.9 Å². The van der Waals surface area contributed by atoms with E-state index >= 15 is 0 Å². The van der Waals surface area contributed by atoms with Crippen LogP contribution in [0.1, 0.15) is 11.1 Å². The lowest BCUT2D eigenvalue weighted by Gasteiger charge is -2.12. The van der Waals surface area contributed by atoms with Gasteiger partial charge in [-0.1, -0.05) is 36.4 Å². The highest BCUT2D eigenvalue weighted by Crippen LogP contribution is 2.44. The van der Waals surface area contributed by atoms with Crippen molar-refractivity contribution < 1.29 is 31.0 Å². The third-order valence-electron chi connectivity index (χ3n) is 7.91. The predicted octanol–water partition coefficient (Wildman–Crippen LogP) is 8.47. The van der Waals surface area contributed by atoms with Gasteiger partial charge in [0.25, 0.3) is 20.2 Å². The van der Waals surface area contributed by atoms with E-state index in [4.69, 9.17) is 11.5 Å². The molecule has 0 aliphatic rings. The summed E-state index contributed by atoms with van der Waals surface area (Å²) in [6.45, 7) is 3.69. The van der Waals surface area contributed by atoms with E-state index in [1.54, 1.807) is 25.1 Å². The molecule has 0 unspecified atom stereocenters. The second-order valence-electron chi connectivity index (χ2n) is 11.3. The monoisotopic (exact) mass is 696 g/mol. The minimum atomic E-state index is -4.99. The number of phenols is 1. The Bertz CT molecular complexity index is 2620. The van der Waals surface area contributed by atoms with Crippen molar-refractivity contribution in [1.82, 2.24) is 0 Å². The molecule has 6 rings (SSSR count). The van der Waals surface area contributed by atoms with Crippen LogP contribution in [0.25, 0.3) is 32.7 Å². The molecule has 49 heavy (non-hydrogen) atoms. The van der Waals surface area contributed by atoms with Gasteiger partial charge in [0.05, 0.1) is 22.0 Å². The Morgan fingerprint density at radius 1 is 0.592 bits per heavy atom.